The maximum Gasteiger partial charge on any atom is 0.273 e. The number of hydrogen-bond donors (Lipinski definition) is 0. The fourth-order valence-corrected chi connectivity index (χ4v) is 5.18. The highest BCUT2D eigenvalue weighted by molar-refractivity contribution is 7.11. The van der Waals surface area contributed by atoms with Gasteiger partial charge in [-0.1, -0.05) is 23.5 Å². The Morgan fingerprint density at radius 1 is 1.07 bits per heavy atom. The first-order valence-electron chi connectivity index (χ1n) is 10.7. The molecule has 3 aromatic rings. The maximum atomic E-state index is 12.8. The number of para-hydroxylation sites is 2. The number of imidazole rings is 1. The molecule has 0 N–H and O–H groups in total. The number of nitrogens with zero attached hydrogens (tertiary/aromatic N) is 5. The summed E-state index contributed by atoms with van der Waals surface area (Å²) in [5.41, 5.74) is 1.95. The molecule has 8 heteroatoms. The Morgan fingerprint density at radius 3 is 2.63 bits per heavy atom. The van der Waals surface area contributed by atoms with Crippen LogP contribution in [0.2, 0.25) is 0 Å². The molecule has 30 heavy (non-hydrogen) atoms. The molecule has 0 unspecified atom stereocenters. The van der Waals surface area contributed by atoms with Crippen LogP contribution in [0.3, 0.4) is 0 Å². The van der Waals surface area contributed by atoms with Gasteiger partial charge in [0, 0.05) is 43.8 Å². The quantitative estimate of drug-likeness (QED) is 0.629. The Kier molecular flexibility index (Phi) is 5.68. The molecule has 7 nitrogen and oxygen atoms in total. The predicted molar refractivity (Wildman–Crippen MR) is 117 cm³/mol. The molecular formula is C22H27N5O2S. The number of piperidine rings is 2. The maximum absolute atomic E-state index is 12.8. The lowest BCUT2D eigenvalue weighted by Gasteiger charge is -2.41. The molecule has 1 aromatic carbocycles. The van der Waals surface area contributed by atoms with Crippen molar-refractivity contribution in [3.05, 3.63) is 42.2 Å². The summed E-state index contributed by atoms with van der Waals surface area (Å²) in [5, 5.41) is 2.74. The third-order valence-electron chi connectivity index (χ3n) is 6.32. The van der Waals surface area contributed by atoms with Crippen molar-refractivity contribution in [2.45, 2.75) is 44.4 Å². The molecular weight excluding hydrogens is 398 g/mol. The lowest BCUT2D eigenvalue weighted by molar-refractivity contribution is -0.133. The van der Waals surface area contributed by atoms with Crippen LogP contribution < -0.4 is 4.74 Å². The summed E-state index contributed by atoms with van der Waals surface area (Å²) < 4.78 is 7.94. The molecule has 2 aliphatic heterocycles. The average molecular weight is 426 g/mol. The number of likely N-dealkylation sites (tertiary alicyclic amines) is 2. The molecule has 0 aliphatic carbocycles. The molecule has 2 aliphatic rings. The standard InChI is InChI=1S/C22H27N5O2S/c28-21(15-27-16-24-19-3-1-2-4-20(19)27)26-10-5-17(6-11-26)25-12-7-18(8-13-25)29-22-23-9-14-30-22/h1-4,9,14,16-18H,5-8,10-13,15H2. The van der Waals surface area contributed by atoms with Gasteiger partial charge >= 0.3 is 0 Å². The van der Waals surface area contributed by atoms with Crippen LogP contribution in [0, 0.1) is 0 Å². The van der Waals surface area contributed by atoms with Crippen LogP contribution in [0.4, 0.5) is 0 Å². The van der Waals surface area contributed by atoms with Gasteiger partial charge in [-0.25, -0.2) is 9.97 Å². The average Bonchev–Trinajstić information content (AvgIpc) is 3.45. The third-order valence-corrected chi connectivity index (χ3v) is 6.98. The third kappa shape index (κ3) is 4.20. The van der Waals surface area contributed by atoms with Gasteiger partial charge in [0.25, 0.3) is 5.19 Å². The van der Waals surface area contributed by atoms with Gasteiger partial charge in [-0.05, 0) is 37.8 Å². The summed E-state index contributed by atoms with van der Waals surface area (Å²) in [6.07, 6.45) is 8.04. The predicted octanol–water partition coefficient (Wildman–Crippen LogP) is 3.03. The smallest absolute Gasteiger partial charge is 0.273 e. The normalized spacial score (nSPS) is 19.4. The number of rotatable bonds is 5. The van der Waals surface area contributed by atoms with E-state index in [0.29, 0.717) is 12.6 Å². The number of thiazole rings is 1. The lowest BCUT2D eigenvalue weighted by atomic mass is 9.99. The van der Waals surface area contributed by atoms with Gasteiger partial charge in [0.2, 0.25) is 5.91 Å². The SMILES string of the molecule is O=C(Cn1cnc2ccccc21)N1CCC(N2CCC(Oc3nccs3)CC2)CC1. The van der Waals surface area contributed by atoms with Gasteiger partial charge in [0.05, 0.1) is 17.4 Å². The molecule has 0 saturated carbocycles. The summed E-state index contributed by atoms with van der Waals surface area (Å²) in [7, 11) is 0. The minimum atomic E-state index is 0.187. The van der Waals surface area contributed by atoms with E-state index in [1.165, 1.54) is 0 Å². The number of carbonyl (C=O) groups excluding carboxylic acids is 1. The van der Waals surface area contributed by atoms with Crippen molar-refractivity contribution in [3.63, 3.8) is 0 Å². The summed E-state index contributed by atoms with van der Waals surface area (Å²) in [6.45, 7) is 4.17. The second-order valence-corrected chi connectivity index (χ2v) is 8.98. The van der Waals surface area contributed by atoms with E-state index in [1.54, 1.807) is 23.9 Å². The highest BCUT2D eigenvalue weighted by Gasteiger charge is 2.30. The van der Waals surface area contributed by atoms with Crippen molar-refractivity contribution < 1.29 is 9.53 Å². The second-order valence-electron chi connectivity index (χ2n) is 8.12. The molecule has 158 valence electrons. The molecule has 2 fully saturated rings. The summed E-state index contributed by atoms with van der Waals surface area (Å²) in [5.74, 6) is 0.187. The minimum Gasteiger partial charge on any atom is -0.467 e. The lowest BCUT2D eigenvalue weighted by Crippen LogP contribution is -2.50. The highest BCUT2D eigenvalue weighted by atomic mass is 32.1. The first kappa shape index (κ1) is 19.5. The fraction of sp³-hybridized carbons (Fsp3) is 0.500. The largest absolute Gasteiger partial charge is 0.467 e. The zero-order valence-corrected chi connectivity index (χ0v) is 17.8. The van der Waals surface area contributed by atoms with Gasteiger partial charge in [-0.3, -0.25) is 9.69 Å². The topological polar surface area (TPSA) is 63.5 Å². The first-order chi connectivity index (χ1) is 14.8. The van der Waals surface area contributed by atoms with E-state index < -0.39 is 0 Å². The Hall–Kier alpha value is -2.45. The number of aromatic nitrogens is 3. The van der Waals surface area contributed by atoms with Crippen LogP contribution in [0.15, 0.2) is 42.2 Å². The van der Waals surface area contributed by atoms with Gasteiger partial charge in [0.1, 0.15) is 12.6 Å². The van der Waals surface area contributed by atoms with E-state index in [0.717, 1.165) is 68.1 Å². The van der Waals surface area contributed by atoms with Crippen LogP contribution in [-0.2, 0) is 11.3 Å². The van der Waals surface area contributed by atoms with E-state index in [4.69, 9.17) is 4.74 Å². The number of fused-ring (bicyclic) bond motifs is 1. The molecule has 0 spiro atoms. The fourth-order valence-electron chi connectivity index (χ4n) is 4.63. The zero-order valence-electron chi connectivity index (χ0n) is 17.0. The number of hydrogen-bond acceptors (Lipinski definition) is 6. The van der Waals surface area contributed by atoms with Crippen LogP contribution in [0.1, 0.15) is 25.7 Å². The molecule has 5 rings (SSSR count). The van der Waals surface area contributed by atoms with Crippen molar-refractivity contribution in [2.75, 3.05) is 26.2 Å². The summed E-state index contributed by atoms with van der Waals surface area (Å²) >= 11 is 1.56. The van der Waals surface area contributed by atoms with Gasteiger partial charge in [-0.2, -0.15) is 0 Å². The van der Waals surface area contributed by atoms with E-state index in [-0.39, 0.29) is 12.0 Å². The summed E-state index contributed by atoms with van der Waals surface area (Å²) in [6, 6.07) is 8.53. The molecule has 2 aromatic heterocycles. The Morgan fingerprint density at radius 2 is 1.87 bits per heavy atom. The molecule has 1 amide bonds. The number of carbonyl (C=O) groups is 1. The van der Waals surface area contributed by atoms with Crippen LogP contribution in [0.5, 0.6) is 5.19 Å². The molecule has 0 bridgehead atoms. The van der Waals surface area contributed by atoms with Gasteiger partial charge in [0.15, 0.2) is 0 Å². The van der Waals surface area contributed by atoms with Crippen molar-refractivity contribution >= 4 is 28.3 Å². The number of ether oxygens (including phenoxy) is 1. The van der Waals surface area contributed by atoms with Gasteiger partial charge < -0.3 is 14.2 Å². The molecule has 0 atom stereocenters. The Bertz CT molecular complexity index is 973. The summed E-state index contributed by atoms with van der Waals surface area (Å²) in [4.78, 5) is 26.1. The van der Waals surface area contributed by atoms with Crippen LogP contribution in [-0.4, -0.2) is 68.6 Å². The zero-order chi connectivity index (χ0) is 20.3. The van der Waals surface area contributed by atoms with E-state index in [9.17, 15) is 4.79 Å². The van der Waals surface area contributed by atoms with Crippen molar-refractivity contribution in [1.29, 1.82) is 0 Å². The van der Waals surface area contributed by atoms with Crippen molar-refractivity contribution in [3.8, 4) is 5.19 Å². The van der Waals surface area contributed by atoms with Crippen LogP contribution in [0.25, 0.3) is 11.0 Å². The molecule has 0 radical (unpaired) electrons. The first-order valence-corrected chi connectivity index (χ1v) is 11.6. The highest BCUT2D eigenvalue weighted by Crippen LogP contribution is 2.25. The Balaban J connectivity index is 1.09. The van der Waals surface area contributed by atoms with E-state index in [1.807, 2.05) is 39.1 Å². The van der Waals surface area contributed by atoms with Crippen molar-refractivity contribution in [2.24, 2.45) is 0 Å². The molecule has 2 saturated heterocycles. The van der Waals surface area contributed by atoms with E-state index >= 15 is 0 Å². The number of amides is 1. The van der Waals surface area contributed by atoms with Crippen molar-refractivity contribution in [1.82, 2.24) is 24.3 Å². The van der Waals surface area contributed by atoms with Gasteiger partial charge in [-0.15, -0.1) is 0 Å². The minimum absolute atomic E-state index is 0.187. The molecule has 4 heterocycles. The Labute approximate surface area is 180 Å². The number of benzene rings is 1. The van der Waals surface area contributed by atoms with E-state index in [2.05, 4.69) is 14.9 Å². The monoisotopic (exact) mass is 425 g/mol. The van der Waals surface area contributed by atoms with Crippen LogP contribution >= 0.6 is 11.3 Å². The second kappa shape index (κ2) is 8.73.